The van der Waals surface area contributed by atoms with Crippen molar-refractivity contribution in [1.29, 1.82) is 0 Å². The van der Waals surface area contributed by atoms with Gasteiger partial charge in [0.2, 0.25) is 0 Å². The van der Waals surface area contributed by atoms with Crippen molar-refractivity contribution in [2.75, 3.05) is 9.80 Å². The first kappa shape index (κ1) is 33.3. The molecule has 0 unspecified atom stereocenters. The van der Waals surface area contributed by atoms with E-state index >= 15 is 0 Å². The molecule has 0 spiro atoms. The first-order chi connectivity index (χ1) is 28.0. The highest BCUT2D eigenvalue weighted by Gasteiger charge is 2.36. The van der Waals surface area contributed by atoms with Crippen LogP contribution in [0.2, 0.25) is 0 Å². The molecule has 270 valence electrons. The molecule has 8 aromatic rings. The van der Waals surface area contributed by atoms with E-state index in [0.717, 1.165) is 35.5 Å². The maximum atomic E-state index is 3.43. The molecule has 0 fully saturated rings. The molecule has 0 aromatic heterocycles. The standard InChI is InChI=1S/C55H40N2/c1-55(2)49-34-38(22-31-47(49)48-32-30-46(36-50(48)55)57-53-17-9-5-13-41(53)26-27-42-14-6-10-18-54(42)57)20-19-37-21-23-44-35-45(29-28-43(44)33-37)56-51-15-7-3-11-39(51)24-25-40-12-4-8-16-52(40)56/h3-9,11-17,19-23,26-36H,24-25H2,1-2H3/b20-19+. The zero-order chi connectivity index (χ0) is 38.1. The SMILES string of the molecule is CC1(C)c2cc(/C=C/c3ccc4cc(N5c6ccccc6CCc6ccccc65)ccc4c3)ccc2-c2ccc(N3c4c#cccc4C=Cc4ccccc43)cc21. The predicted molar refractivity (Wildman–Crippen MR) is 240 cm³/mol. The maximum absolute atomic E-state index is 3.43. The zero-order valence-electron chi connectivity index (χ0n) is 32.1. The van der Waals surface area contributed by atoms with Crippen LogP contribution in [0.3, 0.4) is 0 Å². The second-order valence-corrected chi connectivity index (χ2v) is 16.0. The van der Waals surface area contributed by atoms with Crippen LogP contribution in [0.4, 0.5) is 34.1 Å². The van der Waals surface area contributed by atoms with Crippen molar-refractivity contribution in [3.63, 3.8) is 0 Å². The Morgan fingerprint density at radius 2 is 1.09 bits per heavy atom. The molecule has 3 aliphatic rings. The van der Waals surface area contributed by atoms with Crippen LogP contribution in [-0.2, 0) is 18.3 Å². The van der Waals surface area contributed by atoms with Crippen molar-refractivity contribution >= 4 is 69.2 Å². The molecule has 2 heterocycles. The minimum Gasteiger partial charge on any atom is -0.310 e. The van der Waals surface area contributed by atoms with Crippen molar-refractivity contribution in [3.05, 3.63) is 214 Å². The van der Waals surface area contributed by atoms with Gasteiger partial charge in [0, 0.05) is 33.7 Å². The van der Waals surface area contributed by atoms with E-state index in [4.69, 9.17) is 0 Å². The van der Waals surface area contributed by atoms with Crippen LogP contribution in [0.5, 0.6) is 0 Å². The summed E-state index contributed by atoms with van der Waals surface area (Å²) in [5, 5.41) is 2.47. The molecule has 0 radical (unpaired) electrons. The quantitative estimate of drug-likeness (QED) is 0.167. The Bertz CT molecular complexity index is 2860. The fraction of sp³-hybridized carbons (Fsp3) is 0.0909. The Kier molecular flexibility index (Phi) is 7.60. The summed E-state index contributed by atoms with van der Waals surface area (Å²) in [5.74, 6) is 0. The van der Waals surface area contributed by atoms with Gasteiger partial charge < -0.3 is 9.80 Å². The maximum Gasteiger partial charge on any atom is 0.105 e. The van der Waals surface area contributed by atoms with Crippen LogP contribution >= 0.6 is 0 Å². The van der Waals surface area contributed by atoms with Crippen LogP contribution in [0, 0.1) is 12.1 Å². The summed E-state index contributed by atoms with van der Waals surface area (Å²) in [7, 11) is 0. The van der Waals surface area contributed by atoms with Gasteiger partial charge in [-0.3, -0.25) is 0 Å². The van der Waals surface area contributed by atoms with Gasteiger partial charge in [-0.05, 0) is 140 Å². The predicted octanol–water partition coefficient (Wildman–Crippen LogP) is 14.4. The third-order valence-corrected chi connectivity index (χ3v) is 12.3. The largest absolute Gasteiger partial charge is 0.310 e. The van der Waals surface area contributed by atoms with Crippen LogP contribution in [-0.4, -0.2) is 0 Å². The van der Waals surface area contributed by atoms with Crippen LogP contribution < -0.4 is 9.80 Å². The molecule has 11 rings (SSSR count). The molecular weight excluding hydrogens is 689 g/mol. The van der Waals surface area contributed by atoms with E-state index in [1.807, 2.05) is 6.07 Å². The summed E-state index contributed by atoms with van der Waals surface area (Å²) in [6.07, 6.45) is 11.0. The van der Waals surface area contributed by atoms with Gasteiger partial charge in [-0.1, -0.05) is 141 Å². The highest BCUT2D eigenvalue weighted by atomic mass is 15.2. The molecule has 0 atom stereocenters. The number of aryl methyl sites for hydroxylation is 2. The van der Waals surface area contributed by atoms with Crippen molar-refractivity contribution < 1.29 is 0 Å². The molecule has 1 aliphatic carbocycles. The average molecular weight is 729 g/mol. The second-order valence-electron chi connectivity index (χ2n) is 16.0. The van der Waals surface area contributed by atoms with E-state index in [1.54, 1.807) is 0 Å². The summed E-state index contributed by atoms with van der Waals surface area (Å²) < 4.78 is 0. The molecule has 2 nitrogen and oxygen atoms in total. The van der Waals surface area contributed by atoms with Crippen molar-refractivity contribution in [3.8, 4) is 11.1 Å². The minimum absolute atomic E-state index is 0.168. The molecular formula is C55H40N2. The normalized spacial score (nSPS) is 14.5. The summed E-state index contributed by atoms with van der Waals surface area (Å²) in [6.45, 7) is 4.72. The van der Waals surface area contributed by atoms with Gasteiger partial charge >= 0.3 is 0 Å². The molecule has 0 N–H and O–H groups in total. The average Bonchev–Trinajstić information content (AvgIpc) is 3.38. The van der Waals surface area contributed by atoms with Crippen LogP contribution in [0.15, 0.2) is 158 Å². The highest BCUT2D eigenvalue weighted by Crippen LogP contribution is 2.52. The van der Waals surface area contributed by atoms with Gasteiger partial charge in [-0.25, -0.2) is 0 Å². The number of benzene rings is 7. The highest BCUT2D eigenvalue weighted by molar-refractivity contribution is 5.95. The Balaban J connectivity index is 0.895. The fourth-order valence-corrected chi connectivity index (χ4v) is 9.34. The smallest absolute Gasteiger partial charge is 0.105 e. The first-order valence-electron chi connectivity index (χ1n) is 20.0. The van der Waals surface area contributed by atoms with Crippen LogP contribution in [0.25, 0.3) is 46.2 Å². The Morgan fingerprint density at radius 1 is 0.509 bits per heavy atom. The second kappa shape index (κ2) is 13.0. The lowest BCUT2D eigenvalue weighted by Gasteiger charge is -2.28. The molecule has 0 bridgehead atoms. The molecule has 8 aromatic carbocycles. The van der Waals surface area contributed by atoms with E-state index in [9.17, 15) is 0 Å². The topological polar surface area (TPSA) is 6.48 Å². The molecule has 2 heteroatoms. The summed E-state index contributed by atoms with van der Waals surface area (Å²) in [4.78, 5) is 4.78. The number of nitrogens with zero attached hydrogens (tertiary/aromatic N) is 2. The Labute approximate surface area is 335 Å². The van der Waals surface area contributed by atoms with Gasteiger partial charge in [0.05, 0.1) is 5.69 Å². The molecule has 57 heavy (non-hydrogen) atoms. The van der Waals surface area contributed by atoms with Crippen molar-refractivity contribution in [2.24, 2.45) is 0 Å². The number of fused-ring (bicyclic) bond motifs is 8. The van der Waals surface area contributed by atoms with Gasteiger partial charge in [0.15, 0.2) is 0 Å². The lowest BCUT2D eigenvalue weighted by molar-refractivity contribution is 0.660. The van der Waals surface area contributed by atoms with Gasteiger partial charge in [-0.15, -0.1) is 0 Å². The van der Waals surface area contributed by atoms with Gasteiger partial charge in [0.25, 0.3) is 0 Å². The molecule has 0 amide bonds. The number of anilines is 6. The lowest BCUT2D eigenvalue weighted by Crippen LogP contribution is -2.17. The first-order valence-corrected chi connectivity index (χ1v) is 20.0. The molecule has 0 saturated heterocycles. The summed E-state index contributed by atoms with van der Waals surface area (Å²) in [6, 6.07) is 64.6. The zero-order valence-corrected chi connectivity index (χ0v) is 32.1. The molecule has 0 saturated carbocycles. The third-order valence-electron chi connectivity index (χ3n) is 12.3. The van der Waals surface area contributed by atoms with Gasteiger partial charge in [0.1, 0.15) is 5.69 Å². The van der Waals surface area contributed by atoms with Gasteiger partial charge in [-0.2, -0.15) is 0 Å². The number of hydrogen-bond donors (Lipinski definition) is 0. The monoisotopic (exact) mass is 728 g/mol. The van der Waals surface area contributed by atoms with Crippen molar-refractivity contribution in [1.82, 2.24) is 0 Å². The van der Waals surface area contributed by atoms with Crippen molar-refractivity contribution in [2.45, 2.75) is 32.1 Å². The lowest BCUT2D eigenvalue weighted by atomic mass is 9.81. The number of rotatable bonds is 4. The Hall–Kier alpha value is -7.08. The van der Waals surface area contributed by atoms with E-state index in [2.05, 4.69) is 212 Å². The minimum atomic E-state index is -0.168. The number of hydrogen-bond acceptors (Lipinski definition) is 2. The van der Waals surface area contributed by atoms with E-state index in [1.165, 1.54) is 77.9 Å². The third kappa shape index (κ3) is 5.50. The van der Waals surface area contributed by atoms with Crippen LogP contribution in [0.1, 0.15) is 58.4 Å². The van der Waals surface area contributed by atoms with E-state index in [-0.39, 0.29) is 5.41 Å². The number of para-hydroxylation sites is 3. The van der Waals surface area contributed by atoms with E-state index in [0.29, 0.717) is 0 Å². The fourth-order valence-electron chi connectivity index (χ4n) is 9.34. The summed E-state index contributed by atoms with van der Waals surface area (Å²) in [5.41, 5.74) is 19.7. The Morgan fingerprint density at radius 3 is 1.88 bits per heavy atom. The summed E-state index contributed by atoms with van der Waals surface area (Å²) >= 11 is 0. The van der Waals surface area contributed by atoms with E-state index < -0.39 is 0 Å². The molecule has 2 aliphatic heterocycles.